The number of carbonyl (C=O) groups is 1. The normalized spacial score (nSPS) is 18.9. The summed E-state index contributed by atoms with van der Waals surface area (Å²) in [6.45, 7) is 2.77. The average molecular weight is 297 g/mol. The van der Waals surface area contributed by atoms with E-state index >= 15 is 0 Å². The zero-order valence-corrected chi connectivity index (χ0v) is 12.1. The van der Waals surface area contributed by atoms with Gasteiger partial charge in [0.2, 0.25) is 5.91 Å². The molecule has 0 bridgehead atoms. The van der Waals surface area contributed by atoms with Crippen molar-refractivity contribution in [2.24, 2.45) is 0 Å². The summed E-state index contributed by atoms with van der Waals surface area (Å²) in [5.41, 5.74) is -0.167. The summed E-state index contributed by atoms with van der Waals surface area (Å²) in [6, 6.07) is 3.66. The molecule has 1 heterocycles. The van der Waals surface area contributed by atoms with E-state index in [-0.39, 0.29) is 16.8 Å². The molecule has 1 saturated heterocycles. The van der Waals surface area contributed by atoms with Crippen molar-refractivity contribution in [3.8, 4) is 0 Å². The minimum Gasteiger partial charge on any atom is -0.326 e. The Morgan fingerprint density at radius 3 is 2.80 bits per heavy atom. The van der Waals surface area contributed by atoms with Crippen molar-refractivity contribution in [1.82, 2.24) is 4.90 Å². The summed E-state index contributed by atoms with van der Waals surface area (Å²) in [4.78, 5) is 13.9. The van der Waals surface area contributed by atoms with Crippen LogP contribution in [-0.2, 0) is 4.79 Å². The van der Waals surface area contributed by atoms with Crippen molar-refractivity contribution in [1.29, 1.82) is 0 Å². The van der Waals surface area contributed by atoms with Gasteiger partial charge in [0.05, 0.1) is 5.37 Å². The molecule has 2 rings (SSSR count). The second kappa shape index (κ2) is 6.88. The SMILES string of the molecule is CCC[C@H]1SCCN1C(=O)/C=C\c1c(F)cccc1F. The van der Waals surface area contributed by atoms with Crippen LogP contribution in [0.25, 0.3) is 6.08 Å². The van der Waals surface area contributed by atoms with E-state index in [4.69, 9.17) is 0 Å². The zero-order chi connectivity index (χ0) is 14.5. The molecule has 0 N–H and O–H groups in total. The van der Waals surface area contributed by atoms with Gasteiger partial charge in [-0.3, -0.25) is 4.79 Å². The molecule has 0 aromatic heterocycles. The maximum atomic E-state index is 13.5. The van der Waals surface area contributed by atoms with Gasteiger partial charge in [-0.2, -0.15) is 0 Å². The molecule has 0 spiro atoms. The lowest BCUT2D eigenvalue weighted by molar-refractivity contribution is -0.126. The second-order valence-corrected chi connectivity index (χ2v) is 5.90. The molecule has 1 aliphatic heterocycles. The fraction of sp³-hybridized carbons (Fsp3) is 0.400. The van der Waals surface area contributed by atoms with Crippen LogP contribution in [0.2, 0.25) is 0 Å². The quantitative estimate of drug-likeness (QED) is 0.790. The molecule has 108 valence electrons. The predicted octanol–water partition coefficient (Wildman–Crippen LogP) is 3.68. The highest BCUT2D eigenvalue weighted by Crippen LogP contribution is 2.27. The van der Waals surface area contributed by atoms with E-state index in [0.29, 0.717) is 6.54 Å². The molecule has 1 atom stereocenters. The maximum absolute atomic E-state index is 13.5. The zero-order valence-electron chi connectivity index (χ0n) is 11.3. The Morgan fingerprint density at radius 1 is 1.45 bits per heavy atom. The fourth-order valence-corrected chi connectivity index (χ4v) is 3.55. The van der Waals surface area contributed by atoms with E-state index in [9.17, 15) is 13.6 Å². The second-order valence-electron chi connectivity index (χ2n) is 4.61. The molecule has 1 aromatic carbocycles. The van der Waals surface area contributed by atoms with Gasteiger partial charge >= 0.3 is 0 Å². The molecular formula is C15H17F2NOS. The fourth-order valence-electron chi connectivity index (χ4n) is 2.18. The van der Waals surface area contributed by atoms with Crippen LogP contribution < -0.4 is 0 Å². The average Bonchev–Trinajstić information content (AvgIpc) is 2.87. The molecule has 0 radical (unpaired) electrons. The monoisotopic (exact) mass is 297 g/mol. The van der Waals surface area contributed by atoms with Gasteiger partial charge in [-0.05, 0) is 24.6 Å². The molecule has 20 heavy (non-hydrogen) atoms. The molecule has 2 nitrogen and oxygen atoms in total. The number of thioether (sulfide) groups is 1. The Hall–Kier alpha value is -1.36. The minimum absolute atomic E-state index is 0.167. The molecule has 1 aromatic rings. The summed E-state index contributed by atoms with van der Waals surface area (Å²) < 4.78 is 26.9. The first-order chi connectivity index (χ1) is 9.63. The molecule has 1 fully saturated rings. The van der Waals surface area contributed by atoms with Gasteiger partial charge in [-0.25, -0.2) is 8.78 Å². The number of nitrogens with zero attached hydrogens (tertiary/aromatic N) is 1. The van der Waals surface area contributed by atoms with Crippen molar-refractivity contribution in [3.63, 3.8) is 0 Å². The van der Waals surface area contributed by atoms with Crippen LogP contribution in [0.5, 0.6) is 0 Å². The van der Waals surface area contributed by atoms with Crippen molar-refractivity contribution < 1.29 is 13.6 Å². The molecule has 1 aliphatic rings. The van der Waals surface area contributed by atoms with Crippen molar-refractivity contribution >= 4 is 23.7 Å². The summed E-state index contributed by atoms with van der Waals surface area (Å²) in [5.74, 6) is -0.584. The third-order valence-corrected chi connectivity index (χ3v) is 4.49. The third kappa shape index (κ3) is 3.39. The lowest BCUT2D eigenvalue weighted by atomic mass is 10.2. The van der Waals surface area contributed by atoms with Crippen LogP contribution in [0.15, 0.2) is 24.3 Å². The Kier molecular flexibility index (Phi) is 5.17. The van der Waals surface area contributed by atoms with E-state index in [2.05, 4.69) is 6.92 Å². The molecular weight excluding hydrogens is 280 g/mol. The van der Waals surface area contributed by atoms with Crippen LogP contribution >= 0.6 is 11.8 Å². The number of rotatable bonds is 4. The highest BCUT2D eigenvalue weighted by molar-refractivity contribution is 8.00. The summed E-state index contributed by atoms with van der Waals surface area (Å²) in [5, 5.41) is 0.183. The van der Waals surface area contributed by atoms with E-state index in [1.54, 1.807) is 16.7 Å². The summed E-state index contributed by atoms with van der Waals surface area (Å²) in [7, 11) is 0. The van der Waals surface area contributed by atoms with E-state index < -0.39 is 11.6 Å². The third-order valence-electron chi connectivity index (χ3n) is 3.20. The lowest BCUT2D eigenvalue weighted by Crippen LogP contribution is -2.33. The van der Waals surface area contributed by atoms with Crippen LogP contribution in [0, 0.1) is 11.6 Å². The summed E-state index contributed by atoms with van der Waals surface area (Å²) in [6.07, 6.45) is 4.43. The molecule has 0 unspecified atom stereocenters. The molecule has 0 aliphatic carbocycles. The number of halogens is 2. The Balaban J connectivity index is 2.09. The van der Waals surface area contributed by atoms with E-state index in [1.807, 2.05) is 0 Å². The smallest absolute Gasteiger partial charge is 0.247 e. The van der Waals surface area contributed by atoms with Crippen molar-refractivity contribution in [2.45, 2.75) is 25.1 Å². The molecule has 0 saturated carbocycles. The highest BCUT2D eigenvalue weighted by atomic mass is 32.2. The van der Waals surface area contributed by atoms with Gasteiger partial charge < -0.3 is 4.90 Å². The highest BCUT2D eigenvalue weighted by Gasteiger charge is 2.27. The number of carbonyl (C=O) groups excluding carboxylic acids is 1. The van der Waals surface area contributed by atoms with Gasteiger partial charge in [0.1, 0.15) is 11.6 Å². The summed E-state index contributed by atoms with van der Waals surface area (Å²) >= 11 is 1.75. The van der Waals surface area contributed by atoms with Gasteiger partial charge in [0.25, 0.3) is 0 Å². The van der Waals surface area contributed by atoms with Gasteiger partial charge in [0, 0.05) is 23.9 Å². The standard InChI is InChI=1S/C15H17F2NOS/c1-2-4-15-18(9-10-20-15)14(19)8-7-11-12(16)5-3-6-13(11)17/h3,5-8,15H,2,4,9-10H2,1H3/b8-7-/t15-/m1/s1. The largest absolute Gasteiger partial charge is 0.326 e. The van der Waals surface area contributed by atoms with Crippen LogP contribution in [0.1, 0.15) is 25.3 Å². The number of hydrogen-bond donors (Lipinski definition) is 0. The predicted molar refractivity (Wildman–Crippen MR) is 78.3 cm³/mol. The minimum atomic E-state index is -0.657. The first-order valence-electron chi connectivity index (χ1n) is 6.67. The van der Waals surface area contributed by atoms with Crippen LogP contribution in [-0.4, -0.2) is 28.5 Å². The van der Waals surface area contributed by atoms with Crippen LogP contribution in [0.4, 0.5) is 8.78 Å². The van der Waals surface area contributed by atoms with Gasteiger partial charge in [-0.1, -0.05) is 19.4 Å². The first kappa shape index (κ1) is 15.0. The van der Waals surface area contributed by atoms with Crippen molar-refractivity contribution in [2.75, 3.05) is 12.3 Å². The number of amides is 1. The number of hydrogen-bond acceptors (Lipinski definition) is 2. The molecule has 1 amide bonds. The number of benzene rings is 1. The maximum Gasteiger partial charge on any atom is 0.247 e. The van der Waals surface area contributed by atoms with Gasteiger partial charge in [0.15, 0.2) is 0 Å². The Labute approximate surface area is 121 Å². The van der Waals surface area contributed by atoms with E-state index in [0.717, 1.165) is 18.6 Å². The Bertz CT molecular complexity index is 498. The van der Waals surface area contributed by atoms with Gasteiger partial charge in [-0.15, -0.1) is 11.8 Å². The Morgan fingerprint density at radius 2 is 2.15 bits per heavy atom. The topological polar surface area (TPSA) is 20.3 Å². The van der Waals surface area contributed by atoms with Crippen LogP contribution in [0.3, 0.4) is 0 Å². The van der Waals surface area contributed by atoms with Crippen molar-refractivity contribution in [3.05, 3.63) is 41.5 Å². The first-order valence-corrected chi connectivity index (χ1v) is 7.72. The van der Waals surface area contributed by atoms with E-state index in [1.165, 1.54) is 30.4 Å². The molecule has 5 heteroatoms. The lowest BCUT2D eigenvalue weighted by Gasteiger charge is -2.21.